The molecule has 0 radical (unpaired) electrons. The van der Waals surface area contributed by atoms with Gasteiger partial charge < -0.3 is 20.3 Å². The topological polar surface area (TPSA) is 66.6 Å². The molecule has 18 heavy (non-hydrogen) atoms. The van der Waals surface area contributed by atoms with Crippen LogP contribution < -0.4 is 5.73 Å². The first-order valence-corrected chi connectivity index (χ1v) is 6.45. The predicted molar refractivity (Wildman–Crippen MR) is 75.4 cm³/mol. The molecule has 2 N–H and O–H groups in total. The number of nitrogens with zero attached hydrogens (tertiary/aromatic N) is 2. The van der Waals surface area contributed by atoms with Crippen molar-refractivity contribution < 1.29 is 9.59 Å². The monoisotopic (exact) mass is 259 g/mol. The van der Waals surface area contributed by atoms with Crippen LogP contribution in [-0.2, 0) is 9.59 Å². The van der Waals surface area contributed by atoms with E-state index in [1.165, 1.54) is 6.92 Å². The number of Topliss-reactive ketones (excluding diaryl/α,β-unsaturated/α-hetero) is 1. The van der Waals surface area contributed by atoms with Crippen LogP contribution in [0.1, 0.15) is 27.2 Å². The van der Waals surface area contributed by atoms with Crippen molar-refractivity contribution in [3.63, 3.8) is 0 Å². The highest BCUT2D eigenvalue weighted by Gasteiger charge is 2.19. The first kappa shape index (κ1) is 19.4. The largest absolute Gasteiger partial charge is 0.369 e. The molecule has 1 unspecified atom stereocenters. The molecule has 5 nitrogen and oxygen atoms in total. The van der Waals surface area contributed by atoms with E-state index in [1.54, 1.807) is 0 Å². The van der Waals surface area contributed by atoms with Gasteiger partial charge in [-0.3, -0.25) is 4.79 Å². The number of carbonyl (C=O) groups excluding carboxylic acids is 2. The molecule has 0 saturated heterocycles. The fourth-order valence-corrected chi connectivity index (χ4v) is 1.44. The van der Waals surface area contributed by atoms with Crippen molar-refractivity contribution >= 4 is 11.7 Å². The summed E-state index contributed by atoms with van der Waals surface area (Å²) < 4.78 is 0. The molecule has 5 heteroatoms. The minimum atomic E-state index is -0.396. The van der Waals surface area contributed by atoms with Gasteiger partial charge in [-0.05, 0) is 28.1 Å². The smallest absolute Gasteiger partial charge is 0.222 e. The second-order valence-electron chi connectivity index (χ2n) is 4.57. The minimum absolute atomic E-state index is 0.00445. The molecule has 0 aromatic rings. The molecule has 0 aliphatic rings. The van der Waals surface area contributed by atoms with Crippen molar-refractivity contribution in [3.05, 3.63) is 0 Å². The van der Waals surface area contributed by atoms with Gasteiger partial charge in [-0.15, -0.1) is 0 Å². The quantitative estimate of drug-likeness (QED) is 0.692. The summed E-state index contributed by atoms with van der Waals surface area (Å²) in [5.74, 6) is -0.763. The zero-order valence-corrected chi connectivity index (χ0v) is 12.7. The summed E-state index contributed by atoms with van der Waals surface area (Å²) in [4.78, 5) is 26.2. The molecular weight excluding hydrogens is 230 g/mol. The summed E-state index contributed by atoms with van der Waals surface area (Å²) in [7, 11) is 5.92. The third kappa shape index (κ3) is 11.5. The van der Waals surface area contributed by atoms with Gasteiger partial charge in [-0.1, -0.05) is 13.8 Å². The van der Waals surface area contributed by atoms with Crippen LogP contribution in [0.15, 0.2) is 0 Å². The fraction of sp³-hybridized carbons (Fsp3) is 0.846. The zero-order chi connectivity index (χ0) is 14.7. The number of likely N-dealkylation sites (N-methyl/N-ethyl adjacent to an activating group) is 2. The summed E-state index contributed by atoms with van der Waals surface area (Å²) >= 11 is 0. The van der Waals surface area contributed by atoms with Crippen LogP contribution in [0.4, 0.5) is 0 Å². The lowest BCUT2D eigenvalue weighted by Gasteiger charge is -2.22. The van der Waals surface area contributed by atoms with Crippen molar-refractivity contribution in [2.75, 3.05) is 40.8 Å². The molecule has 0 saturated carbocycles. The Morgan fingerprint density at radius 2 is 1.61 bits per heavy atom. The maximum Gasteiger partial charge on any atom is 0.222 e. The molecule has 0 aliphatic heterocycles. The Kier molecular flexibility index (Phi) is 12.0. The lowest BCUT2D eigenvalue weighted by atomic mass is 10.0. The normalized spacial score (nSPS) is 12.0. The van der Waals surface area contributed by atoms with Crippen molar-refractivity contribution in [2.24, 2.45) is 11.7 Å². The van der Waals surface area contributed by atoms with Crippen LogP contribution in [0.5, 0.6) is 0 Å². The van der Waals surface area contributed by atoms with Crippen LogP contribution in [0.2, 0.25) is 0 Å². The number of carbonyl (C=O) groups is 2. The second kappa shape index (κ2) is 11.2. The molecule has 1 amide bonds. The lowest BCUT2D eigenvalue weighted by Crippen LogP contribution is -2.38. The number of amides is 1. The van der Waals surface area contributed by atoms with Gasteiger partial charge >= 0.3 is 0 Å². The third-order valence-corrected chi connectivity index (χ3v) is 2.40. The van der Waals surface area contributed by atoms with Crippen LogP contribution in [0, 0.1) is 5.92 Å². The maximum absolute atomic E-state index is 11.1. The van der Waals surface area contributed by atoms with E-state index in [4.69, 9.17) is 5.73 Å². The van der Waals surface area contributed by atoms with Gasteiger partial charge in [-0.25, -0.2) is 0 Å². The van der Waals surface area contributed by atoms with Gasteiger partial charge in [-0.2, -0.15) is 0 Å². The molecule has 0 aromatic heterocycles. The highest BCUT2D eigenvalue weighted by molar-refractivity contribution is 5.84. The average Bonchev–Trinajstić information content (AvgIpc) is 2.27. The van der Waals surface area contributed by atoms with Crippen molar-refractivity contribution in [3.8, 4) is 0 Å². The first-order chi connectivity index (χ1) is 8.32. The fourth-order valence-electron chi connectivity index (χ4n) is 1.44. The van der Waals surface area contributed by atoms with E-state index >= 15 is 0 Å². The Labute approximate surface area is 111 Å². The Bertz CT molecular complexity index is 242. The average molecular weight is 259 g/mol. The highest BCUT2D eigenvalue weighted by Crippen LogP contribution is 2.05. The van der Waals surface area contributed by atoms with Crippen LogP contribution in [0.25, 0.3) is 0 Å². The molecule has 0 aromatic carbocycles. The maximum atomic E-state index is 11.1. The Morgan fingerprint density at radius 3 is 1.94 bits per heavy atom. The number of ketones is 1. The second-order valence-corrected chi connectivity index (χ2v) is 4.57. The molecule has 1 atom stereocenters. The van der Waals surface area contributed by atoms with E-state index in [2.05, 4.69) is 4.90 Å². The number of hydrogen-bond donors (Lipinski definition) is 1. The SMILES string of the molecule is CC.CC(=O)CC(CN(C)CCN(C)C)C(N)=O. The zero-order valence-electron chi connectivity index (χ0n) is 12.7. The van der Waals surface area contributed by atoms with Crippen LogP contribution >= 0.6 is 0 Å². The van der Waals surface area contributed by atoms with E-state index < -0.39 is 5.91 Å². The van der Waals surface area contributed by atoms with Crippen molar-refractivity contribution in [2.45, 2.75) is 27.2 Å². The lowest BCUT2D eigenvalue weighted by molar-refractivity contribution is -0.127. The summed E-state index contributed by atoms with van der Waals surface area (Å²) in [6.45, 7) is 7.80. The summed E-state index contributed by atoms with van der Waals surface area (Å²) in [6.07, 6.45) is 0.238. The van der Waals surface area contributed by atoms with E-state index in [-0.39, 0.29) is 18.1 Å². The van der Waals surface area contributed by atoms with Gasteiger partial charge in [0.25, 0.3) is 0 Å². The van der Waals surface area contributed by atoms with E-state index in [0.29, 0.717) is 6.54 Å². The molecule has 108 valence electrons. The summed E-state index contributed by atoms with van der Waals surface area (Å²) in [6, 6.07) is 0. The molecule has 0 heterocycles. The van der Waals surface area contributed by atoms with E-state index in [0.717, 1.165) is 13.1 Å². The highest BCUT2D eigenvalue weighted by atomic mass is 16.1. The number of nitrogens with two attached hydrogens (primary N) is 1. The number of hydrogen-bond acceptors (Lipinski definition) is 4. The van der Waals surface area contributed by atoms with Crippen LogP contribution in [-0.4, -0.2) is 62.3 Å². The summed E-state index contributed by atoms with van der Waals surface area (Å²) in [5, 5.41) is 0. The molecule has 0 spiro atoms. The first-order valence-electron chi connectivity index (χ1n) is 6.45. The van der Waals surface area contributed by atoms with Crippen LogP contribution in [0.3, 0.4) is 0 Å². The number of primary amides is 1. The molecular formula is C13H29N3O2. The standard InChI is InChI=1S/C11H23N3O2.C2H6/c1-9(15)7-10(11(12)16)8-14(4)6-5-13(2)3;1-2/h10H,5-8H2,1-4H3,(H2,12,16);1-2H3. The molecule has 0 fully saturated rings. The van der Waals surface area contributed by atoms with Gasteiger partial charge in [0.15, 0.2) is 0 Å². The molecule has 0 bridgehead atoms. The Morgan fingerprint density at radius 1 is 1.11 bits per heavy atom. The predicted octanol–water partition coefficient (Wildman–Crippen LogP) is 0.587. The Balaban J connectivity index is 0. The number of rotatable bonds is 8. The van der Waals surface area contributed by atoms with Gasteiger partial charge in [0.05, 0.1) is 5.92 Å². The van der Waals surface area contributed by atoms with E-state index in [9.17, 15) is 9.59 Å². The molecule has 0 rings (SSSR count). The summed E-state index contributed by atoms with van der Waals surface area (Å²) in [5.41, 5.74) is 5.26. The van der Waals surface area contributed by atoms with Gasteiger partial charge in [0.2, 0.25) is 5.91 Å². The van der Waals surface area contributed by atoms with Gasteiger partial charge in [0, 0.05) is 26.1 Å². The molecule has 0 aliphatic carbocycles. The van der Waals surface area contributed by atoms with Crippen molar-refractivity contribution in [1.82, 2.24) is 9.80 Å². The minimum Gasteiger partial charge on any atom is -0.369 e. The van der Waals surface area contributed by atoms with Crippen molar-refractivity contribution in [1.29, 1.82) is 0 Å². The van der Waals surface area contributed by atoms with Gasteiger partial charge in [0.1, 0.15) is 5.78 Å². The Hall–Kier alpha value is -0.940. The third-order valence-electron chi connectivity index (χ3n) is 2.40. The van der Waals surface area contributed by atoms with E-state index in [1.807, 2.05) is 39.9 Å².